The monoisotopic (exact) mass is 616 g/mol. The fourth-order valence-electron chi connectivity index (χ4n) is 2.00. The summed E-state index contributed by atoms with van der Waals surface area (Å²) in [6.45, 7) is 0. The number of carboxylic acid groups (broad SMARTS) is 1. The van der Waals surface area contributed by atoms with Crippen LogP contribution in [0.5, 0.6) is 5.75 Å². The van der Waals surface area contributed by atoms with Crippen LogP contribution < -0.4 is 15.4 Å². The second-order valence-corrected chi connectivity index (χ2v) is 8.10. The molecule has 0 aliphatic rings. The second kappa shape index (κ2) is 9.15. The minimum atomic E-state index is -1.10. The Kier molecular flexibility index (Phi) is 7.43. The van der Waals surface area contributed by atoms with Gasteiger partial charge >= 0.3 is 5.97 Å². The Labute approximate surface area is 186 Å². The molecule has 26 heavy (non-hydrogen) atoms. The standard InChI is InChI=1S/C16H11ClI2N2O4S/c1-25-12-3-2-7(4-10(12)17)14(22)21-16(26)20-13-9(15(23)24)5-8(18)6-11(13)19/h2-6H,1H3,(H,23,24)(H2,20,21,22,26). The highest BCUT2D eigenvalue weighted by Gasteiger charge is 2.17. The van der Waals surface area contributed by atoms with Gasteiger partial charge in [-0.05, 0) is 87.7 Å². The summed E-state index contributed by atoms with van der Waals surface area (Å²) in [5.41, 5.74) is 0.665. The molecule has 0 saturated heterocycles. The van der Waals surface area contributed by atoms with Gasteiger partial charge in [0, 0.05) is 12.7 Å². The zero-order valence-electron chi connectivity index (χ0n) is 13.1. The highest BCUT2D eigenvalue weighted by Crippen LogP contribution is 2.27. The van der Waals surface area contributed by atoms with Gasteiger partial charge in [0.25, 0.3) is 5.91 Å². The Morgan fingerprint density at radius 1 is 1.23 bits per heavy atom. The second-order valence-electron chi connectivity index (χ2n) is 4.87. The molecule has 2 rings (SSSR count). The molecule has 0 saturated carbocycles. The number of thiocarbonyl (C=S) groups is 1. The van der Waals surface area contributed by atoms with Crippen molar-refractivity contribution in [1.29, 1.82) is 0 Å². The minimum absolute atomic E-state index is 0.0245. The Balaban J connectivity index is 2.18. The molecule has 0 unspecified atom stereocenters. The SMILES string of the molecule is COc1ccc(C(=O)NC(=S)Nc2c(I)cc(I)cc2C(=O)O)cc1Cl. The molecule has 10 heteroatoms. The third kappa shape index (κ3) is 5.18. The van der Waals surface area contributed by atoms with Crippen molar-refractivity contribution in [1.82, 2.24) is 5.32 Å². The van der Waals surface area contributed by atoms with Crippen LogP contribution in [0.25, 0.3) is 0 Å². The van der Waals surface area contributed by atoms with Crippen LogP contribution >= 0.6 is 69.0 Å². The molecule has 136 valence electrons. The minimum Gasteiger partial charge on any atom is -0.495 e. The Hall–Kier alpha value is -1.18. The lowest BCUT2D eigenvalue weighted by molar-refractivity contribution is 0.0697. The van der Waals surface area contributed by atoms with E-state index in [-0.39, 0.29) is 16.2 Å². The van der Waals surface area contributed by atoms with Gasteiger partial charge in [0.05, 0.1) is 23.4 Å². The summed E-state index contributed by atoms with van der Waals surface area (Å²) in [5.74, 6) is -1.13. The molecule has 0 aliphatic carbocycles. The number of benzene rings is 2. The van der Waals surface area contributed by atoms with Crippen molar-refractivity contribution in [3.05, 3.63) is 53.6 Å². The molecule has 1 amide bonds. The van der Waals surface area contributed by atoms with E-state index in [4.69, 9.17) is 28.6 Å². The zero-order chi connectivity index (χ0) is 19.4. The Morgan fingerprint density at radius 3 is 2.50 bits per heavy atom. The number of ether oxygens (including phenoxy) is 1. The molecule has 0 fully saturated rings. The molecule has 0 spiro atoms. The lowest BCUT2D eigenvalue weighted by Gasteiger charge is -2.14. The van der Waals surface area contributed by atoms with Crippen LogP contribution in [0.15, 0.2) is 30.3 Å². The fourth-order valence-corrected chi connectivity index (χ4v) is 4.43. The highest BCUT2D eigenvalue weighted by atomic mass is 127. The number of anilines is 1. The van der Waals surface area contributed by atoms with Crippen molar-refractivity contribution in [3.63, 3.8) is 0 Å². The van der Waals surface area contributed by atoms with Crippen LogP contribution in [0.1, 0.15) is 20.7 Å². The van der Waals surface area contributed by atoms with E-state index < -0.39 is 11.9 Å². The van der Waals surface area contributed by atoms with Gasteiger partial charge in [0.1, 0.15) is 5.75 Å². The molecule has 2 aromatic carbocycles. The quantitative estimate of drug-likeness (QED) is 0.349. The number of carbonyl (C=O) groups excluding carboxylic acids is 1. The molecule has 0 atom stereocenters. The molecule has 2 aromatic rings. The van der Waals surface area contributed by atoms with E-state index >= 15 is 0 Å². The molecule has 3 N–H and O–H groups in total. The summed E-state index contributed by atoms with van der Waals surface area (Å²) in [7, 11) is 1.47. The maximum atomic E-state index is 12.3. The first kappa shape index (κ1) is 21.1. The number of rotatable bonds is 4. The van der Waals surface area contributed by atoms with Gasteiger partial charge in [0.2, 0.25) is 0 Å². The van der Waals surface area contributed by atoms with Gasteiger partial charge in [-0.1, -0.05) is 11.6 Å². The van der Waals surface area contributed by atoms with Crippen molar-refractivity contribution in [2.75, 3.05) is 12.4 Å². The molecule has 0 aromatic heterocycles. The molecule has 0 heterocycles. The van der Waals surface area contributed by atoms with E-state index in [1.165, 1.54) is 19.2 Å². The number of nitrogens with one attached hydrogen (secondary N) is 2. The lowest BCUT2D eigenvalue weighted by atomic mass is 10.2. The number of hydrogen-bond donors (Lipinski definition) is 3. The number of carbonyl (C=O) groups is 2. The lowest BCUT2D eigenvalue weighted by Crippen LogP contribution is -2.34. The van der Waals surface area contributed by atoms with E-state index in [0.717, 1.165) is 3.57 Å². The molecule has 0 radical (unpaired) electrons. The van der Waals surface area contributed by atoms with Crippen LogP contribution in [-0.2, 0) is 0 Å². The molecule has 6 nitrogen and oxygen atoms in total. The van der Waals surface area contributed by atoms with E-state index in [0.29, 0.717) is 20.0 Å². The Morgan fingerprint density at radius 2 is 1.92 bits per heavy atom. The van der Waals surface area contributed by atoms with Crippen molar-refractivity contribution in [2.45, 2.75) is 0 Å². The first-order valence-corrected chi connectivity index (χ1v) is 9.85. The van der Waals surface area contributed by atoms with Crippen LogP contribution in [0.4, 0.5) is 5.69 Å². The molecular weight excluding hydrogens is 606 g/mol. The average Bonchev–Trinajstić information content (AvgIpc) is 2.56. The van der Waals surface area contributed by atoms with Crippen LogP contribution in [0, 0.1) is 7.14 Å². The predicted octanol–water partition coefficient (Wildman–Crippen LogP) is 4.38. The van der Waals surface area contributed by atoms with Gasteiger partial charge in [-0.15, -0.1) is 0 Å². The van der Waals surface area contributed by atoms with Gasteiger partial charge in [-0.25, -0.2) is 4.79 Å². The van der Waals surface area contributed by atoms with Gasteiger partial charge in [-0.3, -0.25) is 10.1 Å². The van der Waals surface area contributed by atoms with E-state index in [9.17, 15) is 14.7 Å². The Bertz CT molecular complexity index is 908. The van der Waals surface area contributed by atoms with Crippen molar-refractivity contribution >= 4 is 91.7 Å². The van der Waals surface area contributed by atoms with Crippen LogP contribution in [-0.4, -0.2) is 29.2 Å². The van der Waals surface area contributed by atoms with Gasteiger partial charge in [0.15, 0.2) is 5.11 Å². The number of carboxylic acids is 1. The number of halogens is 3. The maximum absolute atomic E-state index is 12.3. The third-order valence-electron chi connectivity index (χ3n) is 3.16. The maximum Gasteiger partial charge on any atom is 0.337 e. The number of hydrogen-bond acceptors (Lipinski definition) is 4. The largest absolute Gasteiger partial charge is 0.495 e. The summed E-state index contributed by atoms with van der Waals surface area (Å²) in [5, 5.41) is 14.9. The predicted molar refractivity (Wildman–Crippen MR) is 121 cm³/mol. The first-order valence-electron chi connectivity index (χ1n) is 6.91. The van der Waals surface area contributed by atoms with Crippen LogP contribution in [0.3, 0.4) is 0 Å². The fraction of sp³-hybridized carbons (Fsp3) is 0.0625. The number of methoxy groups -OCH3 is 1. The highest BCUT2D eigenvalue weighted by molar-refractivity contribution is 14.1. The van der Waals surface area contributed by atoms with Crippen molar-refractivity contribution < 1.29 is 19.4 Å². The third-order valence-corrected chi connectivity index (χ3v) is 5.14. The van der Waals surface area contributed by atoms with E-state index in [1.54, 1.807) is 18.2 Å². The van der Waals surface area contributed by atoms with Gasteiger partial charge in [-0.2, -0.15) is 0 Å². The average molecular weight is 617 g/mol. The van der Waals surface area contributed by atoms with Crippen molar-refractivity contribution in [2.24, 2.45) is 0 Å². The molecular formula is C16H11ClI2N2O4S. The smallest absolute Gasteiger partial charge is 0.337 e. The normalized spacial score (nSPS) is 10.2. The summed E-state index contributed by atoms with van der Waals surface area (Å²) in [4.78, 5) is 23.7. The summed E-state index contributed by atoms with van der Waals surface area (Å²) >= 11 is 15.2. The van der Waals surface area contributed by atoms with Gasteiger partial charge < -0.3 is 15.2 Å². The summed E-state index contributed by atoms with van der Waals surface area (Å²) in [6.07, 6.45) is 0. The zero-order valence-corrected chi connectivity index (χ0v) is 19.0. The molecule has 0 bridgehead atoms. The topological polar surface area (TPSA) is 87.7 Å². The van der Waals surface area contributed by atoms with E-state index in [2.05, 4.69) is 10.6 Å². The first-order chi connectivity index (χ1) is 12.2. The van der Waals surface area contributed by atoms with E-state index in [1.807, 2.05) is 45.2 Å². The van der Waals surface area contributed by atoms with Crippen molar-refractivity contribution in [3.8, 4) is 5.75 Å². The van der Waals surface area contributed by atoms with Crippen LogP contribution in [0.2, 0.25) is 5.02 Å². The molecule has 0 aliphatic heterocycles. The number of amides is 1. The number of aromatic carboxylic acids is 1. The summed E-state index contributed by atoms with van der Waals surface area (Å²) in [6, 6.07) is 7.87. The summed E-state index contributed by atoms with van der Waals surface area (Å²) < 4.78 is 6.48.